The first-order chi connectivity index (χ1) is 6.55. The topological polar surface area (TPSA) is 66.6 Å². The molecule has 2 unspecified atom stereocenters. The number of hydrogen-bond acceptors (Lipinski definition) is 3. The van der Waals surface area contributed by atoms with Crippen LogP contribution in [0.5, 0.6) is 0 Å². The Morgan fingerprint density at radius 1 is 1.71 bits per heavy atom. The number of rotatable bonds is 4. The molecule has 0 aliphatic carbocycles. The third kappa shape index (κ3) is 1.91. The molecule has 1 rings (SSSR count). The normalized spacial score (nSPS) is 26.7. The summed E-state index contributed by atoms with van der Waals surface area (Å²) in [6, 6.07) is -0.334. The standard InChI is InChI=1S/C10H20N2O2/c1-3-10(2,5-7-13)12-6-4-8(11)9(12)14/h8,13H,3-7,11H2,1-2H3. The van der Waals surface area contributed by atoms with Crippen LogP contribution in [0.15, 0.2) is 0 Å². The van der Waals surface area contributed by atoms with Gasteiger partial charge in [-0.3, -0.25) is 4.79 Å². The highest BCUT2D eigenvalue weighted by Crippen LogP contribution is 2.27. The van der Waals surface area contributed by atoms with Crippen molar-refractivity contribution in [3.63, 3.8) is 0 Å². The summed E-state index contributed by atoms with van der Waals surface area (Å²) in [4.78, 5) is 13.5. The number of likely N-dealkylation sites (tertiary alicyclic amines) is 1. The van der Waals surface area contributed by atoms with Gasteiger partial charge in [0.15, 0.2) is 0 Å². The third-order valence-electron chi connectivity index (χ3n) is 3.31. The molecule has 1 aliphatic rings. The average Bonchev–Trinajstić information content (AvgIpc) is 2.48. The lowest BCUT2D eigenvalue weighted by atomic mass is 9.93. The van der Waals surface area contributed by atoms with Gasteiger partial charge >= 0.3 is 0 Å². The highest BCUT2D eigenvalue weighted by Gasteiger charge is 2.39. The van der Waals surface area contributed by atoms with Crippen molar-refractivity contribution in [2.24, 2.45) is 5.73 Å². The van der Waals surface area contributed by atoms with E-state index in [1.807, 2.05) is 18.7 Å². The van der Waals surface area contributed by atoms with E-state index in [1.54, 1.807) is 0 Å². The van der Waals surface area contributed by atoms with Crippen LogP contribution in [-0.4, -0.2) is 40.6 Å². The second kappa shape index (κ2) is 4.28. The number of aliphatic hydroxyl groups is 1. The van der Waals surface area contributed by atoms with E-state index in [2.05, 4.69) is 0 Å². The summed E-state index contributed by atoms with van der Waals surface area (Å²) in [5.74, 6) is 0.0304. The molecule has 1 saturated heterocycles. The zero-order chi connectivity index (χ0) is 10.8. The number of amides is 1. The number of nitrogens with zero attached hydrogens (tertiary/aromatic N) is 1. The molecule has 0 radical (unpaired) electrons. The summed E-state index contributed by atoms with van der Waals surface area (Å²) in [5.41, 5.74) is 5.44. The SMILES string of the molecule is CCC(C)(CCO)N1CCC(N)C1=O. The first kappa shape index (κ1) is 11.5. The molecule has 1 amide bonds. The third-order valence-corrected chi connectivity index (χ3v) is 3.31. The van der Waals surface area contributed by atoms with E-state index in [9.17, 15) is 4.79 Å². The highest BCUT2D eigenvalue weighted by molar-refractivity contribution is 5.84. The van der Waals surface area contributed by atoms with Crippen LogP contribution in [0.4, 0.5) is 0 Å². The van der Waals surface area contributed by atoms with Gasteiger partial charge in [-0.15, -0.1) is 0 Å². The maximum absolute atomic E-state index is 11.7. The Hall–Kier alpha value is -0.610. The van der Waals surface area contributed by atoms with Gasteiger partial charge in [0.1, 0.15) is 0 Å². The van der Waals surface area contributed by atoms with Gasteiger partial charge in [0.25, 0.3) is 0 Å². The van der Waals surface area contributed by atoms with Crippen molar-refractivity contribution in [1.82, 2.24) is 4.90 Å². The van der Waals surface area contributed by atoms with Crippen LogP contribution < -0.4 is 5.73 Å². The fraction of sp³-hybridized carbons (Fsp3) is 0.900. The van der Waals surface area contributed by atoms with Crippen molar-refractivity contribution >= 4 is 5.91 Å². The predicted molar refractivity (Wildman–Crippen MR) is 54.7 cm³/mol. The lowest BCUT2D eigenvalue weighted by Crippen LogP contribution is -2.49. The number of aliphatic hydroxyl groups excluding tert-OH is 1. The van der Waals surface area contributed by atoms with Gasteiger partial charge in [0.05, 0.1) is 6.04 Å². The summed E-state index contributed by atoms with van der Waals surface area (Å²) in [6.07, 6.45) is 2.22. The van der Waals surface area contributed by atoms with Crippen molar-refractivity contribution in [3.8, 4) is 0 Å². The molecule has 0 aromatic rings. The summed E-state index contributed by atoms with van der Waals surface area (Å²) in [7, 11) is 0. The van der Waals surface area contributed by atoms with E-state index in [1.165, 1.54) is 0 Å². The molecule has 1 aliphatic heterocycles. The Labute approximate surface area is 85.1 Å². The second-order valence-electron chi connectivity index (χ2n) is 4.21. The van der Waals surface area contributed by atoms with Crippen LogP contribution in [0.1, 0.15) is 33.1 Å². The van der Waals surface area contributed by atoms with Crippen molar-refractivity contribution in [2.45, 2.75) is 44.7 Å². The lowest BCUT2D eigenvalue weighted by molar-refractivity contribution is -0.134. The molecular formula is C10H20N2O2. The lowest BCUT2D eigenvalue weighted by Gasteiger charge is -2.38. The molecule has 2 atom stereocenters. The zero-order valence-corrected chi connectivity index (χ0v) is 8.99. The molecular weight excluding hydrogens is 180 g/mol. The van der Waals surface area contributed by atoms with Crippen molar-refractivity contribution in [1.29, 1.82) is 0 Å². The van der Waals surface area contributed by atoms with Gasteiger partial charge in [-0.2, -0.15) is 0 Å². The van der Waals surface area contributed by atoms with Crippen LogP contribution in [0.2, 0.25) is 0 Å². The zero-order valence-electron chi connectivity index (χ0n) is 8.99. The fourth-order valence-electron chi connectivity index (χ4n) is 1.98. The molecule has 0 saturated carbocycles. The number of hydrogen-bond donors (Lipinski definition) is 2. The predicted octanol–water partition coefficient (Wildman–Crippen LogP) is 0.0971. The maximum atomic E-state index is 11.7. The van der Waals surface area contributed by atoms with E-state index in [0.29, 0.717) is 6.42 Å². The molecule has 14 heavy (non-hydrogen) atoms. The van der Waals surface area contributed by atoms with E-state index < -0.39 is 0 Å². The largest absolute Gasteiger partial charge is 0.396 e. The molecule has 3 N–H and O–H groups in total. The number of nitrogens with two attached hydrogens (primary N) is 1. The highest BCUT2D eigenvalue weighted by atomic mass is 16.3. The molecule has 4 nitrogen and oxygen atoms in total. The van der Waals surface area contributed by atoms with Crippen molar-refractivity contribution in [3.05, 3.63) is 0 Å². The van der Waals surface area contributed by atoms with Crippen LogP contribution >= 0.6 is 0 Å². The molecule has 1 heterocycles. The molecule has 82 valence electrons. The summed E-state index contributed by atoms with van der Waals surface area (Å²) in [5, 5.41) is 8.98. The Balaban J connectivity index is 2.74. The number of carbonyl (C=O) groups excluding carboxylic acids is 1. The molecule has 4 heteroatoms. The van der Waals surface area contributed by atoms with Crippen LogP contribution in [0.25, 0.3) is 0 Å². The Morgan fingerprint density at radius 2 is 2.36 bits per heavy atom. The average molecular weight is 200 g/mol. The Kier molecular flexibility index (Phi) is 3.50. The minimum atomic E-state index is -0.334. The minimum absolute atomic E-state index is 0.0304. The van der Waals surface area contributed by atoms with Crippen molar-refractivity contribution in [2.75, 3.05) is 13.2 Å². The van der Waals surface area contributed by atoms with Gasteiger partial charge in [-0.1, -0.05) is 6.92 Å². The maximum Gasteiger partial charge on any atom is 0.240 e. The molecule has 0 aromatic carbocycles. The monoisotopic (exact) mass is 200 g/mol. The fourth-order valence-corrected chi connectivity index (χ4v) is 1.98. The van der Waals surface area contributed by atoms with Crippen molar-refractivity contribution < 1.29 is 9.90 Å². The molecule has 0 aromatic heterocycles. The summed E-state index contributed by atoms with van der Waals surface area (Å²) < 4.78 is 0. The van der Waals surface area contributed by atoms with E-state index in [-0.39, 0.29) is 24.1 Å². The molecule has 1 fully saturated rings. The van der Waals surface area contributed by atoms with Crippen LogP contribution in [0, 0.1) is 0 Å². The minimum Gasteiger partial charge on any atom is -0.396 e. The summed E-state index contributed by atoms with van der Waals surface area (Å²) in [6.45, 7) is 4.89. The van der Waals surface area contributed by atoms with Crippen LogP contribution in [-0.2, 0) is 4.79 Å². The van der Waals surface area contributed by atoms with E-state index >= 15 is 0 Å². The van der Waals surface area contributed by atoms with Gasteiger partial charge in [-0.25, -0.2) is 0 Å². The van der Waals surface area contributed by atoms with Gasteiger partial charge < -0.3 is 15.7 Å². The van der Waals surface area contributed by atoms with Gasteiger partial charge in [0.2, 0.25) is 5.91 Å². The van der Waals surface area contributed by atoms with Crippen LogP contribution in [0.3, 0.4) is 0 Å². The summed E-state index contributed by atoms with van der Waals surface area (Å²) >= 11 is 0. The number of carbonyl (C=O) groups is 1. The smallest absolute Gasteiger partial charge is 0.240 e. The van der Waals surface area contributed by atoms with Gasteiger partial charge in [-0.05, 0) is 26.2 Å². The first-order valence-corrected chi connectivity index (χ1v) is 5.23. The second-order valence-corrected chi connectivity index (χ2v) is 4.21. The quantitative estimate of drug-likeness (QED) is 0.676. The van der Waals surface area contributed by atoms with E-state index in [0.717, 1.165) is 19.4 Å². The molecule has 0 bridgehead atoms. The first-order valence-electron chi connectivity index (χ1n) is 5.23. The van der Waals surface area contributed by atoms with E-state index in [4.69, 9.17) is 10.8 Å². The molecule has 0 spiro atoms. The Bertz CT molecular complexity index is 220. The Morgan fingerprint density at radius 3 is 2.71 bits per heavy atom. The van der Waals surface area contributed by atoms with Gasteiger partial charge in [0, 0.05) is 18.7 Å².